The SMILES string of the molecule is CC(C)(C)OC(=O)N1CCCC[C@@H]1CNc1nc2ccccc2n1Cc1c(F)cccc1Cl. The lowest BCUT2D eigenvalue weighted by molar-refractivity contribution is 0.0114. The summed E-state index contributed by atoms with van der Waals surface area (Å²) in [5, 5.41) is 3.79. The summed E-state index contributed by atoms with van der Waals surface area (Å²) in [7, 11) is 0. The zero-order valence-corrected chi connectivity index (χ0v) is 20.0. The number of para-hydroxylation sites is 2. The van der Waals surface area contributed by atoms with Gasteiger partial charge in [0.1, 0.15) is 11.4 Å². The molecule has 33 heavy (non-hydrogen) atoms. The van der Waals surface area contributed by atoms with Gasteiger partial charge in [0.25, 0.3) is 0 Å². The molecular weight excluding hydrogens is 443 g/mol. The van der Waals surface area contributed by atoms with Crippen LogP contribution in [0.3, 0.4) is 0 Å². The molecule has 0 spiro atoms. The van der Waals surface area contributed by atoms with E-state index < -0.39 is 5.60 Å². The fourth-order valence-corrected chi connectivity index (χ4v) is 4.42. The third-order valence-corrected chi connectivity index (χ3v) is 6.14. The number of hydrogen-bond donors (Lipinski definition) is 1. The molecule has 0 unspecified atom stereocenters. The maximum Gasteiger partial charge on any atom is 0.410 e. The van der Waals surface area contributed by atoms with Crippen LogP contribution in [-0.4, -0.2) is 45.3 Å². The number of hydrogen-bond acceptors (Lipinski definition) is 4. The number of imidazole rings is 1. The van der Waals surface area contributed by atoms with Gasteiger partial charge >= 0.3 is 6.09 Å². The van der Waals surface area contributed by atoms with Crippen LogP contribution in [0.5, 0.6) is 0 Å². The van der Waals surface area contributed by atoms with Gasteiger partial charge in [-0.05, 0) is 64.3 Å². The van der Waals surface area contributed by atoms with Crippen molar-refractivity contribution in [3.05, 3.63) is 58.9 Å². The predicted molar refractivity (Wildman–Crippen MR) is 129 cm³/mol. The lowest BCUT2D eigenvalue weighted by atomic mass is 10.0. The van der Waals surface area contributed by atoms with Gasteiger partial charge in [0, 0.05) is 23.7 Å². The van der Waals surface area contributed by atoms with Crippen LogP contribution >= 0.6 is 11.6 Å². The van der Waals surface area contributed by atoms with Gasteiger partial charge in [-0.2, -0.15) is 0 Å². The molecule has 176 valence electrons. The Morgan fingerprint density at radius 2 is 2.00 bits per heavy atom. The molecule has 3 aromatic rings. The van der Waals surface area contributed by atoms with Crippen molar-refractivity contribution in [1.29, 1.82) is 0 Å². The summed E-state index contributed by atoms with van der Waals surface area (Å²) >= 11 is 6.30. The lowest BCUT2D eigenvalue weighted by Gasteiger charge is -2.36. The monoisotopic (exact) mass is 472 g/mol. The van der Waals surface area contributed by atoms with Gasteiger partial charge in [-0.3, -0.25) is 0 Å². The number of ether oxygens (including phenoxy) is 1. The Labute approximate surface area is 198 Å². The van der Waals surface area contributed by atoms with Crippen molar-refractivity contribution in [3.63, 3.8) is 0 Å². The van der Waals surface area contributed by atoms with E-state index in [-0.39, 0.29) is 24.5 Å². The van der Waals surface area contributed by atoms with Gasteiger partial charge in [-0.15, -0.1) is 0 Å². The fraction of sp³-hybridized carbons (Fsp3) is 0.440. The van der Waals surface area contributed by atoms with E-state index in [0.717, 1.165) is 30.3 Å². The minimum atomic E-state index is -0.542. The number of anilines is 1. The third kappa shape index (κ3) is 5.41. The molecule has 6 nitrogen and oxygen atoms in total. The van der Waals surface area contributed by atoms with Gasteiger partial charge < -0.3 is 19.5 Å². The van der Waals surface area contributed by atoms with E-state index in [4.69, 9.17) is 21.3 Å². The van der Waals surface area contributed by atoms with Crippen LogP contribution in [0.1, 0.15) is 45.6 Å². The van der Waals surface area contributed by atoms with Crippen molar-refractivity contribution in [1.82, 2.24) is 14.5 Å². The largest absolute Gasteiger partial charge is 0.444 e. The first kappa shape index (κ1) is 23.4. The summed E-state index contributed by atoms with van der Waals surface area (Å²) in [6, 6.07) is 12.4. The molecule has 1 aliphatic rings. The van der Waals surface area contributed by atoms with Crippen LogP contribution in [0.2, 0.25) is 5.02 Å². The topological polar surface area (TPSA) is 59.4 Å². The molecule has 1 fully saturated rings. The van der Waals surface area contributed by atoms with Crippen LogP contribution in [-0.2, 0) is 11.3 Å². The maximum absolute atomic E-state index is 14.5. The van der Waals surface area contributed by atoms with Crippen LogP contribution in [0.25, 0.3) is 11.0 Å². The van der Waals surface area contributed by atoms with Crippen molar-refractivity contribution < 1.29 is 13.9 Å². The number of carbonyl (C=O) groups is 1. The number of fused-ring (bicyclic) bond motifs is 1. The molecule has 2 heterocycles. The first-order chi connectivity index (χ1) is 15.7. The number of amides is 1. The molecule has 0 saturated carbocycles. The Balaban J connectivity index is 1.58. The molecule has 1 aromatic heterocycles. The molecule has 0 bridgehead atoms. The van der Waals surface area contributed by atoms with Crippen molar-refractivity contribution in [2.24, 2.45) is 0 Å². The summed E-state index contributed by atoms with van der Waals surface area (Å²) in [5.74, 6) is 0.264. The average Bonchev–Trinajstić information content (AvgIpc) is 3.11. The Bertz CT molecular complexity index is 1120. The number of carbonyl (C=O) groups excluding carboxylic acids is 1. The molecule has 2 aromatic carbocycles. The molecule has 1 saturated heterocycles. The summed E-state index contributed by atoms with van der Waals surface area (Å²) in [4.78, 5) is 19.3. The molecule has 0 aliphatic carbocycles. The average molecular weight is 473 g/mol. The normalized spacial score (nSPS) is 16.8. The number of likely N-dealkylation sites (tertiary alicyclic amines) is 1. The molecule has 1 aliphatic heterocycles. The molecule has 4 rings (SSSR count). The minimum Gasteiger partial charge on any atom is -0.444 e. The second-order valence-corrected chi connectivity index (χ2v) is 9.82. The summed E-state index contributed by atoms with van der Waals surface area (Å²) < 4.78 is 22.1. The molecule has 1 N–H and O–H groups in total. The van der Waals surface area contributed by atoms with Crippen molar-refractivity contribution in [3.8, 4) is 0 Å². The molecule has 1 amide bonds. The number of halogens is 2. The van der Waals surface area contributed by atoms with Crippen molar-refractivity contribution in [2.75, 3.05) is 18.4 Å². The highest BCUT2D eigenvalue weighted by molar-refractivity contribution is 6.31. The van der Waals surface area contributed by atoms with Crippen molar-refractivity contribution in [2.45, 2.75) is 58.2 Å². The quantitative estimate of drug-likeness (QED) is 0.489. The zero-order chi connectivity index (χ0) is 23.6. The predicted octanol–water partition coefficient (Wildman–Crippen LogP) is 6.08. The third-order valence-electron chi connectivity index (χ3n) is 5.78. The smallest absolute Gasteiger partial charge is 0.410 e. The molecule has 8 heteroatoms. The molecule has 1 atom stereocenters. The Morgan fingerprint density at radius 1 is 1.21 bits per heavy atom. The Hall–Kier alpha value is -2.80. The van der Waals surface area contributed by atoms with Gasteiger partial charge in [0.2, 0.25) is 5.95 Å². The number of nitrogens with zero attached hydrogens (tertiary/aromatic N) is 3. The van der Waals surface area contributed by atoms with Crippen LogP contribution in [0, 0.1) is 5.82 Å². The first-order valence-electron chi connectivity index (χ1n) is 11.3. The summed E-state index contributed by atoms with van der Waals surface area (Å²) in [5.41, 5.74) is 1.56. The number of benzene rings is 2. The van der Waals surface area contributed by atoms with E-state index in [1.165, 1.54) is 6.07 Å². The van der Waals surface area contributed by atoms with Crippen LogP contribution in [0.15, 0.2) is 42.5 Å². The van der Waals surface area contributed by atoms with Crippen molar-refractivity contribution >= 4 is 34.7 Å². The Kier molecular flexibility index (Phi) is 6.79. The highest BCUT2D eigenvalue weighted by atomic mass is 35.5. The van der Waals surface area contributed by atoms with Gasteiger partial charge in [0.15, 0.2) is 0 Å². The number of piperidine rings is 1. The lowest BCUT2D eigenvalue weighted by Crippen LogP contribution is -2.49. The highest BCUT2D eigenvalue weighted by Crippen LogP contribution is 2.27. The van der Waals surface area contributed by atoms with Gasteiger partial charge in [0.05, 0.1) is 23.6 Å². The zero-order valence-electron chi connectivity index (χ0n) is 19.3. The second-order valence-electron chi connectivity index (χ2n) is 9.41. The number of aromatic nitrogens is 2. The molecular formula is C25H30ClFN4O2. The van der Waals surface area contributed by atoms with E-state index >= 15 is 0 Å². The van der Waals surface area contributed by atoms with Gasteiger partial charge in [-0.25, -0.2) is 14.2 Å². The van der Waals surface area contributed by atoms with E-state index in [1.807, 2.05) is 54.5 Å². The van der Waals surface area contributed by atoms with Crippen LogP contribution in [0.4, 0.5) is 15.1 Å². The highest BCUT2D eigenvalue weighted by Gasteiger charge is 2.30. The Morgan fingerprint density at radius 3 is 2.76 bits per heavy atom. The van der Waals surface area contributed by atoms with E-state index in [2.05, 4.69) is 5.32 Å². The number of nitrogens with one attached hydrogen (secondary N) is 1. The summed E-state index contributed by atoms with van der Waals surface area (Å²) in [6.07, 6.45) is 2.60. The fourth-order valence-electron chi connectivity index (χ4n) is 4.19. The standard InChI is InChI=1S/C25H30ClFN4O2/c1-25(2,3)33-24(32)30-14-7-6-9-17(30)15-28-23-29-21-12-4-5-13-22(21)31(23)16-18-19(26)10-8-11-20(18)27/h4-5,8,10-13,17H,6-7,9,14-16H2,1-3H3,(H,28,29)/t17-/m1/s1. The number of rotatable bonds is 5. The minimum absolute atomic E-state index is 0.0149. The second kappa shape index (κ2) is 9.59. The van der Waals surface area contributed by atoms with E-state index in [0.29, 0.717) is 29.6 Å². The molecule has 0 radical (unpaired) electrons. The van der Waals surface area contributed by atoms with Crippen LogP contribution < -0.4 is 5.32 Å². The summed E-state index contributed by atoms with van der Waals surface area (Å²) in [6.45, 7) is 7.06. The first-order valence-corrected chi connectivity index (χ1v) is 11.7. The van der Waals surface area contributed by atoms with E-state index in [1.54, 1.807) is 12.1 Å². The maximum atomic E-state index is 14.5. The van der Waals surface area contributed by atoms with Gasteiger partial charge in [-0.1, -0.05) is 29.8 Å². The van der Waals surface area contributed by atoms with E-state index in [9.17, 15) is 9.18 Å².